The van der Waals surface area contributed by atoms with E-state index in [2.05, 4.69) is 15.2 Å². The zero-order valence-electron chi connectivity index (χ0n) is 17.9. The molecule has 5 rings (SSSR count). The van der Waals surface area contributed by atoms with Gasteiger partial charge in [0.05, 0.1) is 28.8 Å². The maximum absolute atomic E-state index is 12.8. The van der Waals surface area contributed by atoms with Crippen LogP contribution in [-0.2, 0) is 17.9 Å². The Kier molecular flexibility index (Phi) is 5.99. The van der Waals surface area contributed by atoms with Gasteiger partial charge in [-0.2, -0.15) is 0 Å². The van der Waals surface area contributed by atoms with E-state index >= 15 is 0 Å². The second kappa shape index (κ2) is 8.93. The molecule has 4 amide bonds. The van der Waals surface area contributed by atoms with Gasteiger partial charge in [-0.05, 0) is 49.2 Å². The number of nitrogens with one attached hydrogen (secondary N) is 1. The molecule has 0 spiro atoms. The maximum Gasteiger partial charge on any atom is 0.342 e. The number of carbonyl (C=O) groups excluding carboxylic acids is 3. The topological polar surface area (TPSA) is 85.9 Å². The lowest BCUT2D eigenvalue weighted by molar-refractivity contribution is -0.123. The first-order chi connectivity index (χ1) is 15.9. The Bertz CT molecular complexity index is 1130. The van der Waals surface area contributed by atoms with Crippen molar-refractivity contribution in [3.63, 3.8) is 0 Å². The van der Waals surface area contributed by atoms with E-state index in [-0.39, 0.29) is 24.8 Å². The molecule has 0 bridgehead atoms. The third kappa shape index (κ3) is 4.30. The summed E-state index contributed by atoms with van der Waals surface area (Å²) in [4.78, 5) is 43.2. The van der Waals surface area contributed by atoms with Gasteiger partial charge in [0.2, 0.25) is 5.91 Å². The zero-order valence-corrected chi connectivity index (χ0v) is 19.4. The van der Waals surface area contributed by atoms with Crippen LogP contribution in [0.5, 0.6) is 0 Å². The van der Waals surface area contributed by atoms with Gasteiger partial charge in [0.15, 0.2) is 0 Å². The predicted octanol–water partition coefficient (Wildman–Crippen LogP) is 3.58. The smallest absolute Gasteiger partial charge is 0.299 e. The molecule has 2 aromatic rings. The zero-order chi connectivity index (χ0) is 23.1. The van der Waals surface area contributed by atoms with Crippen LogP contribution in [0, 0.1) is 0 Å². The lowest BCUT2D eigenvalue weighted by Crippen LogP contribution is -2.56. The number of halogens is 2. The van der Waals surface area contributed by atoms with Crippen molar-refractivity contribution in [2.75, 3.05) is 19.6 Å². The van der Waals surface area contributed by atoms with Crippen molar-refractivity contribution in [1.82, 2.24) is 25.2 Å². The van der Waals surface area contributed by atoms with Gasteiger partial charge in [-0.1, -0.05) is 35.3 Å². The molecule has 172 valence electrons. The van der Waals surface area contributed by atoms with Crippen molar-refractivity contribution in [2.45, 2.75) is 38.3 Å². The fourth-order valence-electron chi connectivity index (χ4n) is 4.78. The van der Waals surface area contributed by atoms with Crippen molar-refractivity contribution in [3.05, 3.63) is 62.9 Å². The Labute approximate surface area is 201 Å². The average molecular weight is 488 g/mol. The highest BCUT2D eigenvalue weighted by molar-refractivity contribution is 6.42. The van der Waals surface area contributed by atoms with Crippen molar-refractivity contribution < 1.29 is 14.4 Å². The van der Waals surface area contributed by atoms with Crippen LogP contribution in [0.15, 0.2) is 30.5 Å². The minimum absolute atomic E-state index is 0.184. The highest BCUT2D eigenvalue weighted by atomic mass is 35.5. The summed E-state index contributed by atoms with van der Waals surface area (Å²) in [5.41, 5.74) is 3.50. The number of aromatic nitrogens is 1. The molecule has 0 aliphatic carbocycles. The molecular formula is C23H23Cl2N5O3. The van der Waals surface area contributed by atoms with Crippen LogP contribution >= 0.6 is 23.2 Å². The summed E-state index contributed by atoms with van der Waals surface area (Å²) in [5, 5.41) is 6.11. The molecule has 0 unspecified atom stereocenters. The number of rotatable bonds is 4. The van der Waals surface area contributed by atoms with Gasteiger partial charge >= 0.3 is 6.03 Å². The number of nitrogens with zero attached hydrogens (tertiary/aromatic N) is 4. The third-order valence-corrected chi connectivity index (χ3v) is 7.34. The van der Waals surface area contributed by atoms with E-state index in [9.17, 15) is 14.4 Å². The van der Waals surface area contributed by atoms with E-state index in [0.717, 1.165) is 49.3 Å². The number of amides is 4. The van der Waals surface area contributed by atoms with Gasteiger partial charge < -0.3 is 0 Å². The second-order valence-electron chi connectivity index (χ2n) is 8.62. The minimum Gasteiger partial charge on any atom is -0.299 e. The lowest BCUT2D eigenvalue weighted by atomic mass is 9.92. The van der Waals surface area contributed by atoms with Crippen molar-refractivity contribution in [3.8, 4) is 0 Å². The Balaban J connectivity index is 1.22. The number of carbonyl (C=O) groups is 3. The van der Waals surface area contributed by atoms with E-state index in [1.807, 2.05) is 18.2 Å². The predicted molar refractivity (Wildman–Crippen MR) is 123 cm³/mol. The van der Waals surface area contributed by atoms with Crippen LogP contribution in [0.2, 0.25) is 10.0 Å². The number of piperidine rings is 1. The molecule has 8 nitrogen and oxygen atoms in total. The molecule has 0 radical (unpaired) electrons. The summed E-state index contributed by atoms with van der Waals surface area (Å²) in [5.74, 6) is -0.242. The first-order valence-electron chi connectivity index (χ1n) is 11.0. The molecule has 0 atom stereocenters. The Morgan fingerprint density at radius 2 is 1.82 bits per heavy atom. The first-order valence-corrected chi connectivity index (χ1v) is 11.7. The molecule has 0 saturated carbocycles. The summed E-state index contributed by atoms with van der Waals surface area (Å²) in [6.45, 7) is 3.14. The molecule has 1 N–H and O–H groups in total. The number of hydrogen-bond acceptors (Lipinski definition) is 5. The molecular weight excluding hydrogens is 465 g/mol. The lowest BCUT2D eigenvalue weighted by Gasteiger charge is -2.33. The Morgan fingerprint density at radius 1 is 1.03 bits per heavy atom. The van der Waals surface area contributed by atoms with Crippen LogP contribution in [0.1, 0.15) is 52.4 Å². The van der Waals surface area contributed by atoms with E-state index in [0.29, 0.717) is 28.1 Å². The van der Waals surface area contributed by atoms with Gasteiger partial charge in [-0.25, -0.2) is 14.8 Å². The highest BCUT2D eigenvalue weighted by Gasteiger charge is 2.37. The van der Waals surface area contributed by atoms with Crippen LogP contribution in [-0.4, -0.2) is 57.4 Å². The monoisotopic (exact) mass is 487 g/mol. The van der Waals surface area contributed by atoms with Crippen LogP contribution < -0.4 is 5.32 Å². The molecule has 10 heteroatoms. The third-order valence-electron chi connectivity index (χ3n) is 6.53. The summed E-state index contributed by atoms with van der Waals surface area (Å²) >= 11 is 12.5. The number of fused-ring (bicyclic) bond motifs is 1. The first kappa shape index (κ1) is 22.1. The Hall–Kier alpha value is -2.68. The molecule has 2 fully saturated rings. The van der Waals surface area contributed by atoms with E-state index < -0.39 is 6.03 Å². The average Bonchev–Trinajstić information content (AvgIpc) is 3.12. The number of hydrazine groups is 1. The summed E-state index contributed by atoms with van der Waals surface area (Å²) in [7, 11) is 0. The molecule has 3 aliphatic rings. The van der Waals surface area contributed by atoms with Crippen molar-refractivity contribution >= 4 is 41.0 Å². The second-order valence-corrected chi connectivity index (χ2v) is 9.41. The van der Waals surface area contributed by atoms with Crippen LogP contribution in [0.4, 0.5) is 4.79 Å². The summed E-state index contributed by atoms with van der Waals surface area (Å²) in [6, 6.07) is 7.01. The Morgan fingerprint density at radius 3 is 2.58 bits per heavy atom. The minimum atomic E-state index is -0.551. The van der Waals surface area contributed by atoms with Gasteiger partial charge in [-0.3, -0.25) is 24.8 Å². The van der Waals surface area contributed by atoms with Crippen LogP contribution in [0.25, 0.3) is 0 Å². The van der Waals surface area contributed by atoms with Gasteiger partial charge in [0.1, 0.15) is 0 Å². The molecule has 33 heavy (non-hydrogen) atoms. The standard InChI is InChI=1S/C23H23Cl2N5O3/c24-18-3-7-26-21(20(18)25)15-4-8-28(9-5-15)12-14-1-2-17-16(11-14)13-30(22(17)32)29-10-6-19(31)27-23(29)33/h1-3,7,11,15H,4-6,8-10,12-13H2,(H,27,31,33). The normalized spacial score (nSPS) is 19.8. The molecule has 3 aliphatic heterocycles. The fourth-order valence-corrected chi connectivity index (χ4v) is 5.20. The van der Waals surface area contributed by atoms with Crippen molar-refractivity contribution in [1.29, 1.82) is 0 Å². The van der Waals surface area contributed by atoms with E-state index in [1.54, 1.807) is 12.3 Å². The number of hydrogen-bond donors (Lipinski definition) is 1. The van der Waals surface area contributed by atoms with Crippen molar-refractivity contribution in [2.24, 2.45) is 0 Å². The maximum atomic E-state index is 12.8. The van der Waals surface area contributed by atoms with Gasteiger partial charge in [0, 0.05) is 30.6 Å². The highest BCUT2D eigenvalue weighted by Crippen LogP contribution is 2.35. The quantitative estimate of drug-likeness (QED) is 0.711. The molecule has 4 heterocycles. The van der Waals surface area contributed by atoms with Gasteiger partial charge in [0.25, 0.3) is 5.91 Å². The van der Waals surface area contributed by atoms with E-state index in [1.165, 1.54) is 10.0 Å². The molecule has 1 aromatic carbocycles. The number of benzene rings is 1. The summed E-state index contributed by atoms with van der Waals surface area (Å²) < 4.78 is 0. The number of pyridine rings is 1. The SMILES string of the molecule is O=C1CCN(N2Cc3cc(CN4CCC(c5nccc(Cl)c5Cl)CC4)ccc3C2=O)C(=O)N1. The summed E-state index contributed by atoms with van der Waals surface area (Å²) in [6.07, 6.45) is 3.79. The van der Waals surface area contributed by atoms with Gasteiger partial charge in [-0.15, -0.1) is 0 Å². The largest absolute Gasteiger partial charge is 0.342 e. The number of urea groups is 1. The fraction of sp³-hybridized carbons (Fsp3) is 0.391. The number of imide groups is 1. The number of likely N-dealkylation sites (tertiary alicyclic amines) is 1. The molecule has 1 aromatic heterocycles. The van der Waals surface area contributed by atoms with Crippen LogP contribution in [0.3, 0.4) is 0 Å². The van der Waals surface area contributed by atoms with E-state index in [4.69, 9.17) is 23.2 Å². The molecule has 2 saturated heterocycles.